The normalized spacial score (nSPS) is 16.3. The van der Waals surface area contributed by atoms with Crippen molar-refractivity contribution in [2.24, 2.45) is 0 Å². The van der Waals surface area contributed by atoms with Crippen LogP contribution in [0.15, 0.2) is 34.9 Å². The highest BCUT2D eigenvalue weighted by Gasteiger charge is 2.27. The van der Waals surface area contributed by atoms with Crippen molar-refractivity contribution < 1.29 is 4.79 Å². The lowest BCUT2D eigenvalue weighted by molar-refractivity contribution is 0.0934. The van der Waals surface area contributed by atoms with Crippen LogP contribution in [0.1, 0.15) is 65.1 Å². The summed E-state index contributed by atoms with van der Waals surface area (Å²) in [6.45, 7) is 6.07. The van der Waals surface area contributed by atoms with E-state index < -0.39 is 0 Å². The maximum Gasteiger partial charge on any atom is 0.255 e. The maximum atomic E-state index is 13.1. The van der Waals surface area contributed by atoms with E-state index >= 15 is 0 Å². The summed E-state index contributed by atoms with van der Waals surface area (Å²) >= 11 is 3.54. The Morgan fingerprint density at radius 3 is 2.88 bits per heavy atom. The second-order valence-electron chi connectivity index (χ2n) is 7.11. The Labute approximate surface area is 161 Å². The molecule has 0 radical (unpaired) electrons. The third-order valence-electron chi connectivity index (χ3n) is 5.01. The number of aryl methyl sites for hydroxylation is 2. The molecule has 2 heterocycles. The van der Waals surface area contributed by atoms with Crippen molar-refractivity contribution in [3.05, 3.63) is 63.0 Å². The summed E-state index contributed by atoms with van der Waals surface area (Å²) in [5, 5.41) is 7.77. The van der Waals surface area contributed by atoms with Gasteiger partial charge in [0.2, 0.25) is 0 Å². The molecule has 26 heavy (non-hydrogen) atoms. The number of rotatable bonds is 3. The van der Waals surface area contributed by atoms with Crippen molar-refractivity contribution in [3.8, 4) is 0 Å². The summed E-state index contributed by atoms with van der Waals surface area (Å²) < 4.78 is 2.66. The van der Waals surface area contributed by atoms with E-state index in [1.54, 1.807) is 10.7 Å². The molecule has 6 heteroatoms. The monoisotopic (exact) mass is 412 g/mol. The molecule has 1 aliphatic rings. The summed E-state index contributed by atoms with van der Waals surface area (Å²) in [6, 6.07) is 8.38. The molecule has 1 atom stereocenters. The quantitative estimate of drug-likeness (QED) is 0.695. The van der Waals surface area contributed by atoms with Crippen LogP contribution in [-0.2, 0) is 6.42 Å². The Morgan fingerprint density at radius 2 is 2.12 bits per heavy atom. The maximum absolute atomic E-state index is 13.1. The molecule has 1 aliphatic carbocycles. The second kappa shape index (κ2) is 6.50. The molecule has 0 saturated carbocycles. The fourth-order valence-electron chi connectivity index (χ4n) is 3.75. The van der Waals surface area contributed by atoms with Crippen LogP contribution in [-0.4, -0.2) is 20.5 Å². The van der Waals surface area contributed by atoms with Crippen molar-refractivity contribution in [1.29, 1.82) is 0 Å². The first-order chi connectivity index (χ1) is 12.5. The van der Waals surface area contributed by atoms with E-state index in [-0.39, 0.29) is 17.9 Å². The van der Waals surface area contributed by atoms with Gasteiger partial charge in [-0.3, -0.25) is 4.79 Å². The van der Waals surface area contributed by atoms with E-state index in [1.165, 1.54) is 11.1 Å². The number of halogens is 1. The Hall–Kier alpha value is -2.21. The molecule has 0 saturated heterocycles. The number of nitrogens with zero attached hydrogens (tertiary/aromatic N) is 3. The minimum atomic E-state index is -0.0888. The number of carbonyl (C=O) groups excluding carboxylic acids is 1. The summed E-state index contributed by atoms with van der Waals surface area (Å²) in [5.74, 6) is 0.0531. The molecule has 5 nitrogen and oxygen atoms in total. The summed E-state index contributed by atoms with van der Waals surface area (Å²) in [7, 11) is 0. The van der Waals surface area contributed by atoms with Gasteiger partial charge < -0.3 is 5.32 Å². The molecule has 1 aromatic carbocycles. The van der Waals surface area contributed by atoms with Crippen molar-refractivity contribution in [3.63, 3.8) is 0 Å². The Kier molecular flexibility index (Phi) is 4.31. The fraction of sp³-hybridized carbons (Fsp3) is 0.350. The van der Waals surface area contributed by atoms with Crippen molar-refractivity contribution >= 4 is 27.5 Å². The molecule has 3 aromatic rings. The van der Waals surface area contributed by atoms with Crippen LogP contribution >= 0.6 is 15.9 Å². The number of hydrogen-bond donors (Lipinski definition) is 1. The number of amides is 1. The number of benzene rings is 1. The predicted molar refractivity (Wildman–Crippen MR) is 104 cm³/mol. The summed E-state index contributed by atoms with van der Waals surface area (Å²) in [4.78, 5) is 17.5. The highest BCUT2D eigenvalue weighted by atomic mass is 79.9. The molecule has 0 unspecified atom stereocenters. The van der Waals surface area contributed by atoms with E-state index in [0.717, 1.165) is 34.3 Å². The van der Waals surface area contributed by atoms with Crippen LogP contribution < -0.4 is 5.32 Å². The van der Waals surface area contributed by atoms with Crippen LogP contribution in [0.4, 0.5) is 0 Å². The topological polar surface area (TPSA) is 59.3 Å². The van der Waals surface area contributed by atoms with Gasteiger partial charge in [0.1, 0.15) is 0 Å². The fourth-order valence-corrected chi connectivity index (χ4v) is 4.10. The lowest BCUT2D eigenvalue weighted by Gasteiger charge is -2.18. The molecule has 134 valence electrons. The van der Waals surface area contributed by atoms with E-state index in [2.05, 4.69) is 63.4 Å². The molecule has 2 aromatic heterocycles. The molecule has 0 fully saturated rings. The highest BCUT2D eigenvalue weighted by Crippen LogP contribution is 2.32. The minimum absolute atomic E-state index is 0.0560. The van der Waals surface area contributed by atoms with Gasteiger partial charge in [0.25, 0.3) is 5.91 Å². The van der Waals surface area contributed by atoms with Gasteiger partial charge in [0.05, 0.1) is 27.5 Å². The van der Waals surface area contributed by atoms with Gasteiger partial charge in [-0.1, -0.05) is 38.1 Å². The van der Waals surface area contributed by atoms with Gasteiger partial charge >= 0.3 is 0 Å². The van der Waals surface area contributed by atoms with E-state index in [0.29, 0.717) is 5.56 Å². The Bertz CT molecular complexity index is 1010. The molecule has 0 spiro atoms. The van der Waals surface area contributed by atoms with Crippen LogP contribution in [0.2, 0.25) is 0 Å². The van der Waals surface area contributed by atoms with Crippen molar-refractivity contribution in [2.75, 3.05) is 0 Å². The van der Waals surface area contributed by atoms with Gasteiger partial charge in [0.15, 0.2) is 5.65 Å². The van der Waals surface area contributed by atoms with Gasteiger partial charge in [0, 0.05) is 6.20 Å². The van der Waals surface area contributed by atoms with Crippen LogP contribution in [0.25, 0.3) is 5.65 Å². The van der Waals surface area contributed by atoms with Crippen LogP contribution in [0, 0.1) is 6.92 Å². The van der Waals surface area contributed by atoms with Crippen molar-refractivity contribution in [2.45, 2.75) is 45.6 Å². The second-order valence-corrected chi connectivity index (χ2v) is 7.90. The number of nitrogens with one attached hydrogen (secondary N) is 1. The third kappa shape index (κ3) is 2.72. The van der Waals surface area contributed by atoms with Crippen LogP contribution in [0.5, 0.6) is 0 Å². The lowest BCUT2D eigenvalue weighted by Crippen LogP contribution is -2.29. The smallest absolute Gasteiger partial charge is 0.255 e. The first-order valence-electron chi connectivity index (χ1n) is 8.89. The molecule has 4 rings (SSSR count). The van der Waals surface area contributed by atoms with E-state index in [1.807, 2.05) is 13.0 Å². The zero-order chi connectivity index (χ0) is 18.4. The highest BCUT2D eigenvalue weighted by molar-refractivity contribution is 9.10. The molecular formula is C20H21BrN4O. The standard InChI is InChI=1S/C20H21BrN4O/c1-11(2)18-15(10-22-19-17(21)12(3)24-25(18)19)20(26)23-16-9-8-13-6-4-5-7-14(13)16/h4-7,10-11,16H,8-9H2,1-3H3,(H,23,26)/t16-/m0/s1. The van der Waals surface area contributed by atoms with E-state index in [9.17, 15) is 4.79 Å². The SMILES string of the molecule is Cc1nn2c(C(C)C)c(C(=O)N[C@H]3CCc4ccccc43)cnc2c1Br. The number of carbonyl (C=O) groups is 1. The van der Waals surface area contributed by atoms with E-state index in [4.69, 9.17) is 0 Å². The molecule has 0 bridgehead atoms. The largest absolute Gasteiger partial charge is 0.345 e. The van der Waals surface area contributed by atoms with Crippen molar-refractivity contribution in [1.82, 2.24) is 19.9 Å². The number of aromatic nitrogens is 3. The van der Waals surface area contributed by atoms with Crippen LogP contribution in [0.3, 0.4) is 0 Å². The van der Waals surface area contributed by atoms with Gasteiger partial charge in [-0.05, 0) is 52.7 Å². The molecular weight excluding hydrogens is 392 g/mol. The zero-order valence-electron chi connectivity index (χ0n) is 15.1. The Balaban J connectivity index is 1.72. The average Bonchev–Trinajstić information content (AvgIpc) is 3.15. The van der Waals surface area contributed by atoms with Gasteiger partial charge in [-0.25, -0.2) is 9.50 Å². The minimum Gasteiger partial charge on any atom is -0.345 e. The molecule has 1 amide bonds. The van der Waals surface area contributed by atoms with Gasteiger partial charge in [-0.15, -0.1) is 0 Å². The first-order valence-corrected chi connectivity index (χ1v) is 9.69. The van der Waals surface area contributed by atoms with Gasteiger partial charge in [-0.2, -0.15) is 5.10 Å². The molecule has 1 N–H and O–H groups in total. The number of fused-ring (bicyclic) bond motifs is 2. The predicted octanol–water partition coefficient (Wildman–Crippen LogP) is 4.34. The third-order valence-corrected chi connectivity index (χ3v) is 5.94. The number of hydrogen-bond acceptors (Lipinski definition) is 3. The molecule has 0 aliphatic heterocycles. The zero-order valence-corrected chi connectivity index (χ0v) is 16.7. The Morgan fingerprint density at radius 1 is 1.35 bits per heavy atom. The summed E-state index contributed by atoms with van der Waals surface area (Å²) in [5.41, 5.74) is 5.62. The summed E-state index contributed by atoms with van der Waals surface area (Å²) in [6.07, 6.45) is 3.61. The average molecular weight is 413 g/mol. The first kappa shape index (κ1) is 17.2. The lowest BCUT2D eigenvalue weighted by atomic mass is 10.0.